The van der Waals surface area contributed by atoms with Gasteiger partial charge in [-0.1, -0.05) is 0 Å². The zero-order chi connectivity index (χ0) is 16.4. The molecule has 0 saturated carbocycles. The second-order valence-electron chi connectivity index (χ2n) is 5.47. The number of methoxy groups -OCH3 is 1. The maximum absolute atomic E-state index is 12.5. The molecule has 0 radical (unpaired) electrons. The van der Waals surface area contributed by atoms with Crippen molar-refractivity contribution in [1.82, 2.24) is 14.7 Å². The van der Waals surface area contributed by atoms with Gasteiger partial charge in [0.2, 0.25) is 0 Å². The Bertz CT molecular complexity index is 726. The van der Waals surface area contributed by atoms with E-state index in [-0.39, 0.29) is 6.03 Å². The number of nitrogens with zero attached hydrogens (tertiary/aromatic N) is 3. The molecule has 2 heterocycles. The van der Waals surface area contributed by atoms with Gasteiger partial charge in [0.05, 0.1) is 25.9 Å². The topological polar surface area (TPSA) is 68.6 Å². The number of ether oxygens (including phenoxy) is 2. The Balaban J connectivity index is 1.75. The molecule has 1 N–H and O–H groups in total. The van der Waals surface area contributed by atoms with Gasteiger partial charge in [0.25, 0.3) is 0 Å². The molecule has 0 spiro atoms. The van der Waals surface area contributed by atoms with Crippen LogP contribution in [0, 0.1) is 6.92 Å². The molecule has 0 aliphatic carbocycles. The van der Waals surface area contributed by atoms with E-state index >= 15 is 0 Å². The molecule has 1 aromatic heterocycles. The van der Waals surface area contributed by atoms with E-state index in [4.69, 9.17) is 9.47 Å². The Hall–Kier alpha value is -2.70. The van der Waals surface area contributed by atoms with Gasteiger partial charge in [-0.05, 0) is 19.1 Å². The Labute approximate surface area is 134 Å². The molecule has 0 atom stereocenters. The molecule has 3 rings (SSSR count). The molecule has 122 valence electrons. The molecule has 7 nitrogen and oxygen atoms in total. The fourth-order valence-electron chi connectivity index (χ4n) is 2.57. The first kappa shape index (κ1) is 15.2. The summed E-state index contributed by atoms with van der Waals surface area (Å²) in [5.41, 5.74) is 1.82. The van der Waals surface area contributed by atoms with Crippen LogP contribution in [-0.4, -0.2) is 41.0 Å². The first-order valence-electron chi connectivity index (χ1n) is 7.43. The second kappa shape index (κ2) is 6.20. The molecule has 0 bridgehead atoms. The van der Waals surface area contributed by atoms with Crippen LogP contribution in [0.5, 0.6) is 11.5 Å². The third kappa shape index (κ3) is 3.23. The van der Waals surface area contributed by atoms with Crippen molar-refractivity contribution in [3.63, 3.8) is 0 Å². The van der Waals surface area contributed by atoms with Crippen molar-refractivity contribution in [3.8, 4) is 11.5 Å². The summed E-state index contributed by atoms with van der Waals surface area (Å²) < 4.78 is 12.6. The summed E-state index contributed by atoms with van der Waals surface area (Å²) in [6, 6.07) is 7.31. The van der Waals surface area contributed by atoms with E-state index in [0.29, 0.717) is 25.5 Å². The number of hydrogen-bond donors (Lipinski definition) is 1. The molecular formula is C16H20N4O3. The van der Waals surface area contributed by atoms with Gasteiger partial charge in [-0.3, -0.25) is 10.00 Å². The first-order chi connectivity index (χ1) is 11.1. The standard InChI is InChI=1S/C16H20N4O3/c1-11-8-15(19(2)18-11)17-16(21)20-6-7-23-14-9-13(22-3)5-4-12(14)10-20/h4-5,8-9H,6-7,10H2,1-3H3,(H,17,21). The van der Waals surface area contributed by atoms with Crippen LogP contribution in [0.25, 0.3) is 0 Å². The number of hydrogen-bond acceptors (Lipinski definition) is 4. The number of carbonyl (C=O) groups excluding carboxylic acids is 1. The van der Waals surface area contributed by atoms with Crippen LogP contribution in [0.3, 0.4) is 0 Å². The van der Waals surface area contributed by atoms with E-state index in [1.807, 2.05) is 31.2 Å². The van der Waals surface area contributed by atoms with Gasteiger partial charge >= 0.3 is 6.03 Å². The van der Waals surface area contributed by atoms with Crippen molar-refractivity contribution < 1.29 is 14.3 Å². The summed E-state index contributed by atoms with van der Waals surface area (Å²) in [5, 5.41) is 7.12. The highest BCUT2D eigenvalue weighted by atomic mass is 16.5. The zero-order valence-electron chi connectivity index (χ0n) is 13.5. The molecule has 1 aliphatic rings. The lowest BCUT2D eigenvalue weighted by Crippen LogP contribution is -2.36. The number of aromatic nitrogens is 2. The fourth-order valence-corrected chi connectivity index (χ4v) is 2.57. The van der Waals surface area contributed by atoms with E-state index in [0.717, 1.165) is 22.8 Å². The van der Waals surface area contributed by atoms with Gasteiger partial charge in [-0.25, -0.2) is 4.79 Å². The summed E-state index contributed by atoms with van der Waals surface area (Å²) in [6.45, 7) is 3.33. The van der Waals surface area contributed by atoms with Crippen molar-refractivity contribution in [1.29, 1.82) is 0 Å². The smallest absolute Gasteiger partial charge is 0.323 e. The van der Waals surface area contributed by atoms with Crippen LogP contribution in [0.15, 0.2) is 24.3 Å². The van der Waals surface area contributed by atoms with E-state index in [1.165, 1.54) is 0 Å². The summed E-state index contributed by atoms with van der Waals surface area (Å²) >= 11 is 0. The number of rotatable bonds is 2. The van der Waals surface area contributed by atoms with Crippen molar-refractivity contribution >= 4 is 11.8 Å². The van der Waals surface area contributed by atoms with Gasteiger partial charge in [-0.15, -0.1) is 0 Å². The first-order valence-corrected chi connectivity index (χ1v) is 7.43. The Kier molecular flexibility index (Phi) is 4.10. The highest BCUT2D eigenvalue weighted by Gasteiger charge is 2.21. The van der Waals surface area contributed by atoms with Crippen LogP contribution < -0.4 is 14.8 Å². The quantitative estimate of drug-likeness (QED) is 0.922. The van der Waals surface area contributed by atoms with Crippen LogP contribution in [-0.2, 0) is 13.6 Å². The lowest BCUT2D eigenvalue weighted by atomic mass is 10.2. The summed E-state index contributed by atoms with van der Waals surface area (Å²) in [5.74, 6) is 2.18. The van der Waals surface area contributed by atoms with E-state index in [1.54, 1.807) is 23.7 Å². The number of fused-ring (bicyclic) bond motifs is 1. The van der Waals surface area contributed by atoms with Crippen LogP contribution in [0.1, 0.15) is 11.3 Å². The molecule has 23 heavy (non-hydrogen) atoms. The minimum atomic E-state index is -0.166. The number of amides is 2. The van der Waals surface area contributed by atoms with Crippen molar-refractivity contribution in [2.24, 2.45) is 7.05 Å². The SMILES string of the molecule is COc1ccc2c(c1)OCCN(C(=O)Nc1cc(C)nn1C)C2. The molecule has 0 saturated heterocycles. The average molecular weight is 316 g/mol. The Morgan fingerprint density at radius 3 is 2.91 bits per heavy atom. The third-order valence-corrected chi connectivity index (χ3v) is 3.78. The van der Waals surface area contributed by atoms with Crippen LogP contribution >= 0.6 is 0 Å². The van der Waals surface area contributed by atoms with E-state index < -0.39 is 0 Å². The summed E-state index contributed by atoms with van der Waals surface area (Å²) in [4.78, 5) is 14.2. The molecule has 1 aromatic carbocycles. The number of carbonyl (C=O) groups is 1. The summed E-state index contributed by atoms with van der Waals surface area (Å²) in [6.07, 6.45) is 0. The molecule has 0 unspecified atom stereocenters. The third-order valence-electron chi connectivity index (χ3n) is 3.78. The summed E-state index contributed by atoms with van der Waals surface area (Å²) in [7, 11) is 3.42. The Morgan fingerprint density at radius 1 is 1.39 bits per heavy atom. The number of anilines is 1. The monoisotopic (exact) mass is 316 g/mol. The number of aryl methyl sites for hydroxylation is 2. The molecule has 2 amide bonds. The highest BCUT2D eigenvalue weighted by molar-refractivity contribution is 5.88. The second-order valence-corrected chi connectivity index (χ2v) is 5.47. The van der Waals surface area contributed by atoms with Crippen LogP contribution in [0.2, 0.25) is 0 Å². The Morgan fingerprint density at radius 2 is 2.22 bits per heavy atom. The number of nitrogens with one attached hydrogen (secondary N) is 1. The van der Waals surface area contributed by atoms with Gasteiger partial charge in [0, 0.05) is 24.7 Å². The van der Waals surface area contributed by atoms with Gasteiger partial charge < -0.3 is 14.4 Å². The normalized spacial score (nSPS) is 13.8. The molecule has 1 aliphatic heterocycles. The van der Waals surface area contributed by atoms with Crippen LogP contribution in [0.4, 0.5) is 10.6 Å². The number of urea groups is 1. The largest absolute Gasteiger partial charge is 0.497 e. The van der Waals surface area contributed by atoms with Gasteiger partial charge in [0.15, 0.2) is 0 Å². The maximum Gasteiger partial charge on any atom is 0.323 e. The molecule has 2 aromatic rings. The maximum atomic E-state index is 12.5. The predicted molar refractivity (Wildman–Crippen MR) is 85.9 cm³/mol. The lowest BCUT2D eigenvalue weighted by molar-refractivity contribution is 0.200. The zero-order valence-corrected chi connectivity index (χ0v) is 13.5. The minimum absolute atomic E-state index is 0.166. The predicted octanol–water partition coefficient (Wildman–Crippen LogP) is 2.16. The molecule has 0 fully saturated rings. The van der Waals surface area contributed by atoms with Crippen molar-refractivity contribution in [2.45, 2.75) is 13.5 Å². The van der Waals surface area contributed by atoms with Gasteiger partial charge in [-0.2, -0.15) is 5.10 Å². The van der Waals surface area contributed by atoms with E-state index in [2.05, 4.69) is 10.4 Å². The van der Waals surface area contributed by atoms with Crippen molar-refractivity contribution in [3.05, 3.63) is 35.5 Å². The highest BCUT2D eigenvalue weighted by Crippen LogP contribution is 2.28. The average Bonchev–Trinajstić information content (AvgIpc) is 2.74. The van der Waals surface area contributed by atoms with E-state index in [9.17, 15) is 4.79 Å². The number of benzene rings is 1. The lowest BCUT2D eigenvalue weighted by Gasteiger charge is -2.20. The van der Waals surface area contributed by atoms with Gasteiger partial charge in [0.1, 0.15) is 23.9 Å². The molecular weight excluding hydrogens is 296 g/mol. The molecule has 7 heteroatoms. The van der Waals surface area contributed by atoms with Crippen molar-refractivity contribution in [2.75, 3.05) is 25.6 Å². The minimum Gasteiger partial charge on any atom is -0.497 e. The fraction of sp³-hybridized carbons (Fsp3) is 0.375.